The van der Waals surface area contributed by atoms with Gasteiger partial charge in [-0.3, -0.25) is 18.7 Å². The molecular formula is C30H32N4O3. The lowest BCUT2D eigenvalue weighted by molar-refractivity contribution is -0.120. The largest absolute Gasteiger partial charge is 0.357 e. The fourth-order valence-corrected chi connectivity index (χ4v) is 5.32. The highest BCUT2D eigenvalue weighted by molar-refractivity contribution is 5.95. The average Bonchev–Trinajstić information content (AvgIpc) is 3.23. The number of benzene rings is 2. The molecular weight excluding hydrogens is 464 g/mol. The van der Waals surface area contributed by atoms with Crippen molar-refractivity contribution in [2.75, 3.05) is 5.32 Å². The number of carbonyl (C=O) groups is 1. The third kappa shape index (κ3) is 4.24. The Morgan fingerprint density at radius 2 is 1.59 bits per heavy atom. The van der Waals surface area contributed by atoms with E-state index in [0.29, 0.717) is 29.4 Å². The quantitative estimate of drug-likeness (QED) is 0.432. The number of hydrogen-bond acceptors (Lipinski definition) is 4. The van der Waals surface area contributed by atoms with Gasteiger partial charge in [0.2, 0.25) is 0 Å². The van der Waals surface area contributed by atoms with Crippen molar-refractivity contribution in [3.05, 3.63) is 92.4 Å². The van der Waals surface area contributed by atoms with Crippen LogP contribution in [0.15, 0.2) is 70.0 Å². The van der Waals surface area contributed by atoms with Crippen LogP contribution < -0.4 is 16.6 Å². The first-order valence-electron chi connectivity index (χ1n) is 12.5. The summed E-state index contributed by atoms with van der Waals surface area (Å²) in [6, 6.07) is 13.9. The van der Waals surface area contributed by atoms with E-state index in [1.54, 1.807) is 7.05 Å². The molecule has 0 radical (unpaired) electrons. The molecule has 7 nitrogen and oxygen atoms in total. The lowest BCUT2D eigenvalue weighted by Crippen LogP contribution is -2.36. The van der Waals surface area contributed by atoms with Crippen LogP contribution in [-0.4, -0.2) is 19.5 Å². The van der Waals surface area contributed by atoms with Crippen molar-refractivity contribution in [1.29, 1.82) is 0 Å². The lowest BCUT2D eigenvalue weighted by atomic mass is 9.81. The lowest BCUT2D eigenvalue weighted by Gasteiger charge is -2.28. The van der Waals surface area contributed by atoms with Gasteiger partial charge in [-0.2, -0.15) is 0 Å². The molecule has 1 aliphatic carbocycles. The number of aryl methyl sites for hydroxylation is 3. The highest BCUT2D eigenvalue weighted by atomic mass is 16.2. The second-order valence-corrected chi connectivity index (χ2v) is 10.8. The fourth-order valence-electron chi connectivity index (χ4n) is 5.32. The van der Waals surface area contributed by atoms with E-state index in [9.17, 15) is 14.4 Å². The molecule has 2 aromatic carbocycles. The van der Waals surface area contributed by atoms with Crippen molar-refractivity contribution >= 4 is 22.4 Å². The highest BCUT2D eigenvalue weighted by Gasteiger charge is 2.27. The van der Waals surface area contributed by atoms with Crippen molar-refractivity contribution in [3.63, 3.8) is 0 Å². The molecule has 0 saturated heterocycles. The average molecular weight is 497 g/mol. The van der Waals surface area contributed by atoms with Crippen LogP contribution >= 0.6 is 0 Å². The van der Waals surface area contributed by atoms with Crippen molar-refractivity contribution in [3.8, 4) is 16.9 Å². The molecule has 1 N–H and O–H groups in total. The summed E-state index contributed by atoms with van der Waals surface area (Å²) < 4.78 is 4.66. The van der Waals surface area contributed by atoms with E-state index in [2.05, 4.69) is 51.2 Å². The Kier molecular flexibility index (Phi) is 5.82. The van der Waals surface area contributed by atoms with Crippen LogP contribution in [0.2, 0.25) is 0 Å². The van der Waals surface area contributed by atoms with E-state index in [-0.39, 0.29) is 22.4 Å². The van der Waals surface area contributed by atoms with Crippen LogP contribution in [0, 0.1) is 19.3 Å². The molecule has 0 fully saturated rings. The Bertz CT molecular complexity index is 1720. The van der Waals surface area contributed by atoms with Gasteiger partial charge in [0, 0.05) is 38.8 Å². The Hall–Kier alpha value is -4.13. The standard InChI is InChI=1S/C30H32N4O3/c1-18-12-23(31-21-14-22(35)16-30(3,4)15-21)24(13-19(18)2)34-17-25-26(27(34)20-10-8-7-9-11-20)28(36)33(6)29(37)32(25)5/h7-13,15,17,31H,14,16H2,1-6H3. The molecule has 1 aliphatic rings. The van der Waals surface area contributed by atoms with Gasteiger partial charge in [0.25, 0.3) is 5.56 Å². The molecule has 0 amide bonds. The first kappa shape index (κ1) is 24.6. The minimum absolute atomic E-state index is 0.204. The smallest absolute Gasteiger partial charge is 0.330 e. The zero-order chi connectivity index (χ0) is 26.6. The normalized spacial score (nSPS) is 15.2. The number of allylic oxidation sites excluding steroid dienone is 2. The van der Waals surface area contributed by atoms with Gasteiger partial charge in [-0.1, -0.05) is 50.3 Å². The predicted octanol–water partition coefficient (Wildman–Crippen LogP) is 5.00. The molecule has 0 spiro atoms. The molecule has 0 bridgehead atoms. The predicted molar refractivity (Wildman–Crippen MR) is 148 cm³/mol. The molecule has 190 valence electrons. The van der Waals surface area contributed by atoms with Gasteiger partial charge in [0.05, 0.1) is 28.0 Å². The topological polar surface area (TPSA) is 78.0 Å². The van der Waals surface area contributed by atoms with Crippen LogP contribution in [-0.2, 0) is 18.9 Å². The van der Waals surface area contributed by atoms with Crippen LogP contribution in [0.5, 0.6) is 0 Å². The number of nitrogens with zero attached hydrogens (tertiary/aromatic N) is 3. The molecule has 4 aromatic rings. The number of Topliss-reactive ketones (excluding diaryl/α,β-unsaturated/α-hetero) is 1. The van der Waals surface area contributed by atoms with Crippen molar-refractivity contribution in [1.82, 2.24) is 13.7 Å². The number of ketones is 1. The summed E-state index contributed by atoms with van der Waals surface area (Å²) in [5, 5.41) is 4.02. The van der Waals surface area contributed by atoms with E-state index < -0.39 is 0 Å². The van der Waals surface area contributed by atoms with Crippen LogP contribution in [0.4, 0.5) is 5.69 Å². The van der Waals surface area contributed by atoms with Crippen LogP contribution in [0.1, 0.15) is 37.8 Å². The summed E-state index contributed by atoms with van der Waals surface area (Å²) in [4.78, 5) is 38.7. The number of fused-ring (bicyclic) bond motifs is 1. The summed E-state index contributed by atoms with van der Waals surface area (Å²) in [5.41, 5.74) is 5.94. The summed E-state index contributed by atoms with van der Waals surface area (Å²) in [7, 11) is 3.19. The molecule has 0 aliphatic heterocycles. The molecule has 0 unspecified atom stereocenters. The fraction of sp³-hybridized carbons (Fsp3) is 0.300. The number of rotatable bonds is 4. The Morgan fingerprint density at radius 1 is 0.919 bits per heavy atom. The van der Waals surface area contributed by atoms with E-state index >= 15 is 0 Å². The second kappa shape index (κ2) is 8.76. The maximum absolute atomic E-state index is 13.4. The number of nitrogens with one attached hydrogen (secondary N) is 1. The van der Waals surface area contributed by atoms with Gasteiger partial charge in [0.1, 0.15) is 5.78 Å². The zero-order valence-corrected chi connectivity index (χ0v) is 22.2. The number of aromatic nitrogens is 3. The number of carbonyl (C=O) groups excluding carboxylic acids is 1. The summed E-state index contributed by atoms with van der Waals surface area (Å²) in [6.07, 6.45) is 4.87. The molecule has 0 saturated carbocycles. The van der Waals surface area contributed by atoms with Crippen molar-refractivity contribution in [2.45, 2.75) is 40.5 Å². The Balaban J connectivity index is 1.83. The maximum atomic E-state index is 13.4. The summed E-state index contributed by atoms with van der Waals surface area (Å²) in [5.74, 6) is 0.204. The second-order valence-electron chi connectivity index (χ2n) is 10.8. The highest BCUT2D eigenvalue weighted by Crippen LogP contribution is 2.37. The van der Waals surface area contributed by atoms with E-state index in [1.165, 1.54) is 11.6 Å². The van der Waals surface area contributed by atoms with Crippen LogP contribution in [0.25, 0.3) is 27.8 Å². The molecule has 2 aromatic heterocycles. The van der Waals surface area contributed by atoms with Gasteiger partial charge < -0.3 is 9.88 Å². The molecule has 37 heavy (non-hydrogen) atoms. The van der Waals surface area contributed by atoms with Gasteiger partial charge >= 0.3 is 5.69 Å². The SMILES string of the molecule is Cc1cc(NC2=CC(C)(C)CC(=O)C2)c(-n2cc3c(c2-c2ccccc2)c(=O)n(C)c(=O)n3C)cc1C. The third-order valence-corrected chi connectivity index (χ3v) is 7.26. The van der Waals surface area contributed by atoms with Gasteiger partial charge in [-0.15, -0.1) is 0 Å². The molecule has 0 atom stereocenters. The number of anilines is 1. The maximum Gasteiger partial charge on any atom is 0.330 e. The summed E-state index contributed by atoms with van der Waals surface area (Å²) >= 11 is 0. The first-order chi connectivity index (χ1) is 17.5. The van der Waals surface area contributed by atoms with Crippen LogP contribution in [0.3, 0.4) is 0 Å². The Morgan fingerprint density at radius 3 is 2.27 bits per heavy atom. The van der Waals surface area contributed by atoms with E-state index in [1.807, 2.05) is 41.1 Å². The van der Waals surface area contributed by atoms with Gasteiger partial charge in [-0.05, 0) is 48.1 Å². The van der Waals surface area contributed by atoms with Crippen molar-refractivity contribution in [2.24, 2.45) is 19.5 Å². The monoisotopic (exact) mass is 496 g/mol. The van der Waals surface area contributed by atoms with Gasteiger partial charge in [0.15, 0.2) is 0 Å². The number of hydrogen-bond donors (Lipinski definition) is 1. The van der Waals surface area contributed by atoms with Gasteiger partial charge in [-0.25, -0.2) is 4.79 Å². The molecule has 5 rings (SSSR count). The van der Waals surface area contributed by atoms with Crippen molar-refractivity contribution < 1.29 is 4.79 Å². The molecule has 2 heterocycles. The molecule has 7 heteroatoms. The third-order valence-electron chi connectivity index (χ3n) is 7.26. The minimum atomic E-state index is -0.374. The van der Waals surface area contributed by atoms with E-state index in [4.69, 9.17) is 0 Å². The summed E-state index contributed by atoms with van der Waals surface area (Å²) in [6.45, 7) is 8.23. The first-order valence-corrected chi connectivity index (χ1v) is 12.5. The minimum Gasteiger partial charge on any atom is -0.357 e. The van der Waals surface area contributed by atoms with E-state index in [0.717, 1.165) is 38.3 Å². The zero-order valence-electron chi connectivity index (χ0n) is 22.2. The Labute approximate surface area is 215 Å².